The first-order chi connectivity index (χ1) is 14.1. The first kappa shape index (κ1) is 19.4. The number of para-hydroxylation sites is 1. The van der Waals surface area contributed by atoms with Gasteiger partial charge in [-0.1, -0.05) is 36.9 Å². The van der Waals surface area contributed by atoms with Gasteiger partial charge >= 0.3 is 0 Å². The van der Waals surface area contributed by atoms with E-state index in [1.165, 1.54) is 11.8 Å². The lowest BCUT2D eigenvalue weighted by molar-refractivity contribution is 0.0995. The maximum Gasteiger partial charge on any atom is 0.192 e. The van der Waals surface area contributed by atoms with E-state index in [4.69, 9.17) is 0 Å². The Morgan fingerprint density at radius 1 is 1.17 bits per heavy atom. The largest absolute Gasteiger partial charge is 0.358 e. The quantitative estimate of drug-likeness (QED) is 0.349. The third-order valence-corrected chi connectivity index (χ3v) is 5.97. The molecule has 0 unspecified atom stereocenters. The van der Waals surface area contributed by atoms with Crippen LogP contribution in [0.2, 0.25) is 0 Å². The van der Waals surface area contributed by atoms with E-state index in [-0.39, 0.29) is 11.0 Å². The van der Waals surface area contributed by atoms with E-state index in [0.717, 1.165) is 51.7 Å². The Balaban J connectivity index is 1.64. The summed E-state index contributed by atoms with van der Waals surface area (Å²) in [6.07, 6.45) is 4.45. The van der Waals surface area contributed by atoms with E-state index in [1.807, 2.05) is 50.2 Å². The Morgan fingerprint density at radius 3 is 2.69 bits per heavy atom. The average Bonchev–Trinajstić information content (AvgIpc) is 3.28. The molecule has 0 bridgehead atoms. The number of pyridine rings is 1. The Morgan fingerprint density at radius 2 is 1.93 bits per heavy atom. The zero-order chi connectivity index (χ0) is 20.4. The lowest BCUT2D eigenvalue weighted by Gasteiger charge is -2.12. The highest BCUT2D eigenvalue weighted by Crippen LogP contribution is 2.31. The molecule has 0 aliphatic carbocycles. The number of hydrogen-bond donors (Lipinski definition) is 1. The summed E-state index contributed by atoms with van der Waals surface area (Å²) < 4.78 is 2.09. The predicted octanol–water partition coefficient (Wildman–Crippen LogP) is 4.90. The minimum atomic E-state index is -0.280. The third kappa shape index (κ3) is 3.70. The lowest BCUT2D eigenvalue weighted by atomic mass is 10.1. The molecule has 0 aliphatic rings. The molecule has 4 rings (SSSR count). The van der Waals surface area contributed by atoms with Crippen LogP contribution in [0.4, 0.5) is 0 Å². The minimum absolute atomic E-state index is 0.0986. The van der Waals surface area contributed by atoms with Crippen molar-refractivity contribution < 1.29 is 4.79 Å². The number of aromatic amines is 1. The summed E-state index contributed by atoms with van der Waals surface area (Å²) >= 11 is 1.46. The van der Waals surface area contributed by atoms with Gasteiger partial charge in [0.15, 0.2) is 16.8 Å². The van der Waals surface area contributed by atoms with Crippen molar-refractivity contribution >= 4 is 28.4 Å². The molecule has 7 heteroatoms. The molecule has 148 valence electrons. The van der Waals surface area contributed by atoms with Gasteiger partial charge in [-0.15, -0.1) is 10.2 Å². The molecule has 1 aromatic carbocycles. The number of carbonyl (C=O) groups excluding carboxylic acids is 1. The second-order valence-corrected chi connectivity index (χ2v) is 8.30. The number of rotatable bonds is 7. The van der Waals surface area contributed by atoms with Gasteiger partial charge in [0.25, 0.3) is 0 Å². The molecule has 6 nitrogen and oxygen atoms in total. The Bertz CT molecular complexity index is 1150. The van der Waals surface area contributed by atoms with E-state index in [9.17, 15) is 4.79 Å². The first-order valence-corrected chi connectivity index (χ1v) is 10.6. The molecule has 0 radical (unpaired) electrons. The fraction of sp³-hybridized carbons (Fsp3) is 0.273. The van der Waals surface area contributed by atoms with Crippen molar-refractivity contribution in [3.05, 3.63) is 60.0 Å². The van der Waals surface area contributed by atoms with Gasteiger partial charge in [0.1, 0.15) is 0 Å². The standard InChI is InChI=1S/C22H23N5OS/c1-4-13-27-21(16-9-11-23-12-10-16)25-26-22(27)29-15(3)20(28)19-14(2)24-18-8-6-5-7-17(18)19/h5-12,15,24H,4,13H2,1-3H3/t15-/m1/s1. The van der Waals surface area contributed by atoms with Crippen LogP contribution in [0.15, 0.2) is 53.9 Å². The number of H-pyrrole nitrogens is 1. The maximum absolute atomic E-state index is 13.3. The van der Waals surface area contributed by atoms with Crippen LogP contribution in [0.3, 0.4) is 0 Å². The lowest BCUT2D eigenvalue weighted by Crippen LogP contribution is -2.15. The predicted molar refractivity (Wildman–Crippen MR) is 116 cm³/mol. The zero-order valence-electron chi connectivity index (χ0n) is 16.7. The summed E-state index contributed by atoms with van der Waals surface area (Å²) in [6, 6.07) is 11.8. The number of aryl methyl sites for hydroxylation is 1. The maximum atomic E-state index is 13.3. The fourth-order valence-corrected chi connectivity index (χ4v) is 4.46. The third-order valence-electron chi connectivity index (χ3n) is 4.89. The molecule has 1 N–H and O–H groups in total. The fourth-order valence-electron chi connectivity index (χ4n) is 3.52. The van der Waals surface area contributed by atoms with Crippen LogP contribution in [0.25, 0.3) is 22.3 Å². The molecule has 3 aromatic heterocycles. The summed E-state index contributed by atoms with van der Waals surface area (Å²) in [5.74, 6) is 0.904. The monoisotopic (exact) mass is 405 g/mol. The number of nitrogens with one attached hydrogen (secondary N) is 1. The van der Waals surface area contributed by atoms with Gasteiger partial charge < -0.3 is 9.55 Å². The Labute approximate surface area is 173 Å². The van der Waals surface area contributed by atoms with Crippen LogP contribution in [0.5, 0.6) is 0 Å². The van der Waals surface area contributed by atoms with Gasteiger partial charge in [0.05, 0.1) is 5.25 Å². The second kappa shape index (κ2) is 8.21. The summed E-state index contributed by atoms with van der Waals surface area (Å²) in [6.45, 7) is 6.80. The average molecular weight is 406 g/mol. The van der Waals surface area contributed by atoms with Crippen molar-refractivity contribution in [1.29, 1.82) is 0 Å². The van der Waals surface area contributed by atoms with Crippen molar-refractivity contribution in [3.63, 3.8) is 0 Å². The molecule has 4 aromatic rings. The Kier molecular flexibility index (Phi) is 5.49. The van der Waals surface area contributed by atoms with E-state index in [0.29, 0.717) is 0 Å². The summed E-state index contributed by atoms with van der Waals surface area (Å²) in [5.41, 5.74) is 3.62. The molecule has 1 atom stereocenters. The van der Waals surface area contributed by atoms with Crippen molar-refractivity contribution in [2.24, 2.45) is 0 Å². The first-order valence-electron chi connectivity index (χ1n) is 9.72. The number of carbonyl (C=O) groups is 1. The molecular weight excluding hydrogens is 382 g/mol. The summed E-state index contributed by atoms with van der Waals surface area (Å²) in [5, 5.41) is 10.2. The highest BCUT2D eigenvalue weighted by atomic mass is 32.2. The van der Waals surface area contributed by atoms with E-state index in [2.05, 4.69) is 31.7 Å². The molecular formula is C22H23N5OS. The van der Waals surface area contributed by atoms with E-state index in [1.54, 1.807) is 12.4 Å². The number of fused-ring (bicyclic) bond motifs is 1. The number of hydrogen-bond acceptors (Lipinski definition) is 5. The highest BCUT2D eigenvalue weighted by Gasteiger charge is 2.25. The molecule has 0 aliphatic heterocycles. The van der Waals surface area contributed by atoms with Gasteiger partial charge in [-0.2, -0.15) is 0 Å². The number of nitrogens with zero attached hydrogens (tertiary/aromatic N) is 4. The normalized spacial score (nSPS) is 12.4. The second-order valence-electron chi connectivity index (χ2n) is 6.99. The van der Waals surface area contributed by atoms with Crippen LogP contribution in [-0.2, 0) is 6.54 Å². The summed E-state index contributed by atoms with van der Waals surface area (Å²) in [4.78, 5) is 20.7. The van der Waals surface area contributed by atoms with Crippen LogP contribution < -0.4 is 0 Å². The topological polar surface area (TPSA) is 76.5 Å². The van der Waals surface area contributed by atoms with Gasteiger partial charge in [0.2, 0.25) is 0 Å². The van der Waals surface area contributed by atoms with Gasteiger partial charge in [-0.25, -0.2) is 0 Å². The van der Waals surface area contributed by atoms with E-state index < -0.39 is 0 Å². The molecule has 0 spiro atoms. The van der Waals surface area contributed by atoms with Crippen molar-refractivity contribution in [2.75, 3.05) is 0 Å². The number of thioether (sulfide) groups is 1. The van der Waals surface area contributed by atoms with Crippen LogP contribution in [0, 0.1) is 6.92 Å². The molecule has 0 amide bonds. The zero-order valence-corrected chi connectivity index (χ0v) is 17.5. The minimum Gasteiger partial charge on any atom is -0.358 e. The number of aromatic nitrogens is 5. The van der Waals surface area contributed by atoms with Gasteiger partial charge in [-0.3, -0.25) is 9.78 Å². The van der Waals surface area contributed by atoms with Crippen molar-refractivity contribution in [3.8, 4) is 11.4 Å². The molecule has 3 heterocycles. The molecule has 0 saturated carbocycles. The van der Waals surface area contributed by atoms with Crippen molar-refractivity contribution in [2.45, 2.75) is 44.1 Å². The highest BCUT2D eigenvalue weighted by molar-refractivity contribution is 8.00. The SMILES string of the molecule is CCCn1c(S[C@H](C)C(=O)c2c(C)[nH]c3ccccc23)nnc1-c1ccncc1. The Hall–Kier alpha value is -2.93. The molecule has 29 heavy (non-hydrogen) atoms. The smallest absolute Gasteiger partial charge is 0.192 e. The molecule has 0 fully saturated rings. The van der Waals surface area contributed by atoms with Gasteiger partial charge in [0, 0.05) is 46.7 Å². The molecule has 0 saturated heterocycles. The van der Waals surface area contributed by atoms with E-state index >= 15 is 0 Å². The van der Waals surface area contributed by atoms with Crippen LogP contribution in [0.1, 0.15) is 36.3 Å². The number of Topliss-reactive ketones (excluding diaryl/α,β-unsaturated/α-hetero) is 1. The number of ketones is 1. The van der Waals surface area contributed by atoms with Crippen LogP contribution >= 0.6 is 11.8 Å². The summed E-state index contributed by atoms with van der Waals surface area (Å²) in [7, 11) is 0. The van der Waals surface area contributed by atoms with Crippen molar-refractivity contribution in [1.82, 2.24) is 24.7 Å². The van der Waals surface area contributed by atoms with Gasteiger partial charge in [-0.05, 0) is 38.5 Å². The number of benzene rings is 1. The van der Waals surface area contributed by atoms with Crippen LogP contribution in [-0.4, -0.2) is 35.8 Å².